The van der Waals surface area contributed by atoms with Crippen LogP contribution in [0.3, 0.4) is 0 Å². The highest BCUT2D eigenvalue weighted by molar-refractivity contribution is 6.28. The van der Waals surface area contributed by atoms with E-state index in [1.54, 1.807) is 0 Å². The third kappa shape index (κ3) is 16.9. The summed E-state index contributed by atoms with van der Waals surface area (Å²) in [6.07, 6.45) is 37.4. The van der Waals surface area contributed by atoms with Crippen molar-refractivity contribution < 1.29 is 9.68 Å². The molecular formula is C33H56ClN5O2. The number of hydrogen-bond donors (Lipinski definition) is 2. The molecule has 0 saturated heterocycles. The molecule has 0 saturated carbocycles. The van der Waals surface area contributed by atoms with E-state index in [-0.39, 0.29) is 17.3 Å². The highest BCUT2D eigenvalue weighted by atomic mass is 35.5. The molecule has 2 N–H and O–H groups in total. The quantitative estimate of drug-likeness (QED) is 0.319. The summed E-state index contributed by atoms with van der Waals surface area (Å²) in [5.74, 6) is 0. The zero-order valence-corrected chi connectivity index (χ0v) is 26.3. The van der Waals surface area contributed by atoms with Crippen molar-refractivity contribution in [1.29, 1.82) is 0 Å². The Balaban J connectivity index is 1.51. The van der Waals surface area contributed by atoms with Gasteiger partial charge >= 0.3 is 12.0 Å². The van der Waals surface area contributed by atoms with Gasteiger partial charge in [-0.3, -0.25) is 0 Å². The van der Waals surface area contributed by atoms with Crippen LogP contribution in [0.25, 0.3) is 0 Å². The van der Waals surface area contributed by atoms with Gasteiger partial charge < -0.3 is 9.68 Å². The smallest absolute Gasteiger partial charge is 0.340 e. The number of allylic oxidation sites excluding steroid dienone is 4. The average Bonchev–Trinajstić information content (AvgIpc) is 2.99. The van der Waals surface area contributed by atoms with Crippen LogP contribution in [0.15, 0.2) is 23.5 Å². The molecule has 2 aliphatic carbocycles. The van der Waals surface area contributed by atoms with Crippen molar-refractivity contribution in [1.82, 2.24) is 25.9 Å². The number of rotatable bonds is 6. The van der Waals surface area contributed by atoms with Gasteiger partial charge in [0.1, 0.15) is 0 Å². The van der Waals surface area contributed by atoms with Crippen molar-refractivity contribution in [2.75, 3.05) is 0 Å². The van der Waals surface area contributed by atoms with E-state index in [9.17, 15) is 0 Å². The summed E-state index contributed by atoms with van der Waals surface area (Å²) in [7, 11) is 0. The number of hydrogen-bond acceptors (Lipinski definition) is 7. The molecule has 8 heteroatoms. The molecule has 0 aliphatic heterocycles. The molecule has 0 amide bonds. The van der Waals surface area contributed by atoms with Crippen LogP contribution in [0.4, 0.5) is 0 Å². The van der Waals surface area contributed by atoms with E-state index in [0.717, 1.165) is 49.9 Å². The minimum atomic E-state index is 0.0423. The first-order chi connectivity index (χ1) is 20.3. The first kappa shape index (κ1) is 33.5. The van der Waals surface area contributed by atoms with Crippen LogP contribution in [0.2, 0.25) is 5.28 Å². The van der Waals surface area contributed by atoms with E-state index in [4.69, 9.17) is 21.3 Å². The van der Waals surface area contributed by atoms with Crippen LogP contribution in [0, 0.1) is 0 Å². The lowest BCUT2D eigenvalue weighted by molar-refractivity contribution is 0.178. The number of nitrogens with one attached hydrogen (secondary N) is 2. The molecule has 41 heavy (non-hydrogen) atoms. The zero-order chi connectivity index (χ0) is 28.6. The first-order valence-corrected chi connectivity index (χ1v) is 17.3. The van der Waals surface area contributed by atoms with Gasteiger partial charge in [-0.05, 0) is 63.0 Å². The SMILES string of the molecule is Clc1nc(ONC2=CCCCCCCCCCCCCC2)nc(ONC2=CCCCCCCCCCCCCC2)n1. The predicted octanol–water partition coefficient (Wildman–Crippen LogP) is 10.2. The molecule has 0 fully saturated rings. The van der Waals surface area contributed by atoms with Crippen LogP contribution in [-0.4, -0.2) is 15.0 Å². The summed E-state index contributed by atoms with van der Waals surface area (Å²) in [6.45, 7) is 0. The van der Waals surface area contributed by atoms with E-state index in [1.807, 2.05) is 0 Å². The fraction of sp³-hybridized carbons (Fsp3) is 0.788. The van der Waals surface area contributed by atoms with Crippen molar-refractivity contribution in [3.05, 3.63) is 28.8 Å². The molecule has 0 bridgehead atoms. The van der Waals surface area contributed by atoms with E-state index in [0.29, 0.717) is 0 Å². The molecular weight excluding hydrogens is 534 g/mol. The lowest BCUT2D eigenvalue weighted by Gasteiger charge is -2.13. The molecule has 1 aromatic heterocycles. The zero-order valence-electron chi connectivity index (χ0n) is 25.6. The van der Waals surface area contributed by atoms with Crippen LogP contribution < -0.4 is 20.6 Å². The number of aromatic nitrogens is 3. The maximum Gasteiger partial charge on any atom is 0.350 e. The molecule has 3 rings (SSSR count). The van der Waals surface area contributed by atoms with Gasteiger partial charge in [-0.2, -0.15) is 9.97 Å². The Hall–Kier alpha value is -2.02. The van der Waals surface area contributed by atoms with Crippen molar-refractivity contribution in [2.45, 2.75) is 167 Å². The second-order valence-electron chi connectivity index (χ2n) is 11.9. The summed E-state index contributed by atoms with van der Waals surface area (Å²) in [5, 5.41) is 0.0423. The molecule has 0 unspecified atom stereocenters. The first-order valence-electron chi connectivity index (χ1n) is 16.9. The molecule has 0 radical (unpaired) electrons. The Labute approximate surface area is 254 Å². The van der Waals surface area contributed by atoms with Crippen LogP contribution in [-0.2, 0) is 0 Å². The summed E-state index contributed by atoms with van der Waals surface area (Å²) in [5.41, 5.74) is 8.37. The highest BCUT2D eigenvalue weighted by Crippen LogP contribution is 2.19. The molecule has 0 atom stereocenters. The van der Waals surface area contributed by atoms with Crippen molar-refractivity contribution in [3.8, 4) is 12.0 Å². The second-order valence-corrected chi connectivity index (χ2v) is 12.2. The van der Waals surface area contributed by atoms with Gasteiger partial charge in [0.2, 0.25) is 5.28 Å². The lowest BCUT2D eigenvalue weighted by Crippen LogP contribution is -2.22. The summed E-state index contributed by atoms with van der Waals surface area (Å²) < 4.78 is 0. The molecule has 2 aliphatic rings. The average molecular weight is 590 g/mol. The monoisotopic (exact) mass is 589 g/mol. The van der Waals surface area contributed by atoms with Gasteiger partial charge in [0.15, 0.2) is 0 Å². The normalized spacial score (nSPS) is 20.5. The summed E-state index contributed by atoms with van der Waals surface area (Å²) in [6, 6.07) is 0.212. The standard InChI is InChI=1S/C33H56ClN5O2/c34-31-35-32(40-38-29-25-21-17-13-9-5-1-2-6-10-14-18-22-26-29)37-33(36-31)41-39-30-27-23-19-15-11-7-3-4-8-12-16-20-24-28-30/h25,27,38-39H,1-24,26,28H2. The van der Waals surface area contributed by atoms with E-state index >= 15 is 0 Å². The molecule has 0 spiro atoms. The highest BCUT2D eigenvalue weighted by Gasteiger charge is 2.10. The number of halogens is 1. The largest absolute Gasteiger partial charge is 0.350 e. The Morgan fingerprint density at radius 1 is 0.439 bits per heavy atom. The van der Waals surface area contributed by atoms with Crippen LogP contribution in [0.1, 0.15) is 167 Å². The van der Waals surface area contributed by atoms with E-state index < -0.39 is 0 Å². The molecule has 232 valence electrons. The van der Waals surface area contributed by atoms with Crippen LogP contribution >= 0.6 is 11.6 Å². The summed E-state index contributed by atoms with van der Waals surface area (Å²) in [4.78, 5) is 24.2. The minimum Gasteiger partial charge on any atom is -0.340 e. The Morgan fingerprint density at radius 3 is 1.12 bits per heavy atom. The number of nitrogens with zero attached hydrogens (tertiary/aromatic N) is 3. The van der Waals surface area contributed by atoms with E-state index in [1.165, 1.54) is 128 Å². The van der Waals surface area contributed by atoms with Gasteiger partial charge in [0.05, 0.1) is 0 Å². The summed E-state index contributed by atoms with van der Waals surface area (Å²) >= 11 is 6.21. The van der Waals surface area contributed by atoms with Crippen molar-refractivity contribution in [3.63, 3.8) is 0 Å². The van der Waals surface area contributed by atoms with E-state index in [2.05, 4.69) is 38.1 Å². The molecule has 1 aromatic rings. The van der Waals surface area contributed by atoms with Crippen LogP contribution in [0.5, 0.6) is 12.0 Å². The van der Waals surface area contributed by atoms with Crippen molar-refractivity contribution in [2.24, 2.45) is 0 Å². The maximum atomic E-state index is 6.21. The lowest BCUT2D eigenvalue weighted by atomic mass is 10.1. The Morgan fingerprint density at radius 2 is 0.756 bits per heavy atom. The third-order valence-corrected chi connectivity index (χ3v) is 8.36. The second kappa shape index (κ2) is 22.6. The fourth-order valence-corrected chi connectivity index (χ4v) is 5.82. The third-order valence-electron chi connectivity index (χ3n) is 8.20. The van der Waals surface area contributed by atoms with Gasteiger partial charge in [0.25, 0.3) is 0 Å². The van der Waals surface area contributed by atoms with Gasteiger partial charge in [-0.25, -0.2) is 11.0 Å². The topological polar surface area (TPSA) is 81.2 Å². The number of hydroxylamine groups is 2. The van der Waals surface area contributed by atoms with Crippen molar-refractivity contribution >= 4 is 11.6 Å². The minimum absolute atomic E-state index is 0.0423. The predicted molar refractivity (Wildman–Crippen MR) is 169 cm³/mol. The Bertz CT molecular complexity index is 813. The fourth-order valence-electron chi connectivity index (χ4n) is 5.67. The molecule has 7 nitrogen and oxygen atoms in total. The molecule has 0 aromatic carbocycles. The Kier molecular flexibility index (Phi) is 18.4. The molecule has 1 heterocycles. The maximum absolute atomic E-state index is 6.21. The van der Waals surface area contributed by atoms with Gasteiger partial charge in [0, 0.05) is 11.4 Å². The van der Waals surface area contributed by atoms with Gasteiger partial charge in [-0.15, -0.1) is 4.98 Å². The van der Waals surface area contributed by atoms with Gasteiger partial charge in [-0.1, -0.05) is 128 Å².